The highest BCUT2D eigenvalue weighted by atomic mass is 16.5. The summed E-state index contributed by atoms with van der Waals surface area (Å²) in [7, 11) is 0. The SMILES string of the molecule is CCc1ccc(NC(=O)COC(=O)c2cccc(N3C(=O)[C@@H]4[C@@H](C3=O)[C@H]3C=C[C@H]4C3)c2)cc1. The van der Waals surface area contributed by atoms with Crippen LogP contribution in [0.4, 0.5) is 11.4 Å². The lowest BCUT2D eigenvalue weighted by Gasteiger charge is -2.18. The van der Waals surface area contributed by atoms with Gasteiger partial charge in [-0.3, -0.25) is 14.4 Å². The topological polar surface area (TPSA) is 92.8 Å². The first-order valence-corrected chi connectivity index (χ1v) is 11.2. The number of fused-ring (bicyclic) bond motifs is 5. The average Bonchev–Trinajstić information content (AvgIpc) is 3.51. The van der Waals surface area contributed by atoms with Crippen molar-refractivity contribution in [2.75, 3.05) is 16.8 Å². The molecule has 7 heteroatoms. The van der Waals surface area contributed by atoms with Gasteiger partial charge in [0.15, 0.2) is 6.61 Å². The van der Waals surface area contributed by atoms with Crippen LogP contribution < -0.4 is 10.2 Å². The molecular formula is C26H24N2O5. The van der Waals surface area contributed by atoms with Gasteiger partial charge < -0.3 is 10.1 Å². The van der Waals surface area contributed by atoms with Crippen LogP contribution in [0.25, 0.3) is 0 Å². The van der Waals surface area contributed by atoms with Gasteiger partial charge in [0.1, 0.15) is 0 Å². The third kappa shape index (κ3) is 3.73. The van der Waals surface area contributed by atoms with Gasteiger partial charge in [-0.2, -0.15) is 0 Å². The van der Waals surface area contributed by atoms with E-state index in [9.17, 15) is 19.2 Å². The number of carbonyl (C=O) groups is 4. The van der Waals surface area contributed by atoms with Gasteiger partial charge in [0.05, 0.1) is 23.1 Å². The lowest BCUT2D eigenvalue weighted by molar-refractivity contribution is -0.123. The van der Waals surface area contributed by atoms with Gasteiger partial charge in [-0.15, -0.1) is 0 Å². The summed E-state index contributed by atoms with van der Waals surface area (Å²) in [6.07, 6.45) is 5.84. The van der Waals surface area contributed by atoms with Crippen LogP contribution in [0.5, 0.6) is 0 Å². The molecule has 7 nitrogen and oxygen atoms in total. The first-order valence-electron chi connectivity index (χ1n) is 11.2. The van der Waals surface area contributed by atoms with E-state index in [0.29, 0.717) is 11.4 Å². The highest BCUT2D eigenvalue weighted by molar-refractivity contribution is 6.23. The van der Waals surface area contributed by atoms with Crippen LogP contribution in [0.3, 0.4) is 0 Å². The molecule has 0 unspecified atom stereocenters. The predicted molar refractivity (Wildman–Crippen MR) is 121 cm³/mol. The number of anilines is 2. The Kier molecular flexibility index (Phi) is 5.32. The first kappa shape index (κ1) is 21.1. The molecule has 1 saturated heterocycles. The van der Waals surface area contributed by atoms with Crippen molar-refractivity contribution in [2.24, 2.45) is 23.7 Å². The second kappa shape index (κ2) is 8.31. The smallest absolute Gasteiger partial charge is 0.338 e. The number of carbonyl (C=O) groups excluding carboxylic acids is 4. The lowest BCUT2D eigenvalue weighted by atomic mass is 9.85. The van der Waals surface area contributed by atoms with Gasteiger partial charge >= 0.3 is 5.97 Å². The summed E-state index contributed by atoms with van der Waals surface area (Å²) < 4.78 is 5.15. The van der Waals surface area contributed by atoms with Gasteiger partial charge in [-0.1, -0.05) is 37.3 Å². The van der Waals surface area contributed by atoms with E-state index in [-0.39, 0.29) is 41.0 Å². The number of amides is 3. The molecule has 1 N–H and O–H groups in total. The Hall–Kier alpha value is -3.74. The average molecular weight is 444 g/mol. The van der Waals surface area contributed by atoms with Crippen LogP contribution in [0.1, 0.15) is 29.3 Å². The largest absolute Gasteiger partial charge is 0.452 e. The van der Waals surface area contributed by atoms with Crippen LogP contribution in [-0.4, -0.2) is 30.3 Å². The van der Waals surface area contributed by atoms with Crippen LogP contribution in [0, 0.1) is 23.7 Å². The Labute approximate surface area is 191 Å². The zero-order valence-electron chi connectivity index (χ0n) is 18.2. The van der Waals surface area contributed by atoms with Crippen molar-refractivity contribution in [2.45, 2.75) is 19.8 Å². The molecule has 2 fully saturated rings. The van der Waals surface area contributed by atoms with Crippen LogP contribution in [-0.2, 0) is 25.5 Å². The molecule has 1 heterocycles. The van der Waals surface area contributed by atoms with E-state index in [2.05, 4.69) is 5.32 Å². The number of rotatable bonds is 6. The molecule has 0 spiro atoms. The van der Waals surface area contributed by atoms with Gasteiger partial charge in [-0.25, -0.2) is 9.69 Å². The number of aryl methyl sites for hydroxylation is 1. The van der Waals surface area contributed by atoms with Crippen molar-refractivity contribution >= 4 is 35.1 Å². The fraction of sp³-hybridized carbons (Fsp3) is 0.308. The summed E-state index contributed by atoms with van der Waals surface area (Å²) in [5, 5.41) is 2.68. The van der Waals surface area contributed by atoms with Crippen molar-refractivity contribution in [3.05, 3.63) is 71.8 Å². The summed E-state index contributed by atoms with van der Waals surface area (Å²) in [6.45, 7) is 1.60. The monoisotopic (exact) mass is 444 g/mol. The molecule has 3 amide bonds. The lowest BCUT2D eigenvalue weighted by Crippen LogP contribution is -2.33. The van der Waals surface area contributed by atoms with Crippen LogP contribution in [0.2, 0.25) is 0 Å². The molecule has 33 heavy (non-hydrogen) atoms. The van der Waals surface area contributed by atoms with Crippen molar-refractivity contribution in [3.8, 4) is 0 Å². The van der Waals surface area contributed by atoms with Crippen molar-refractivity contribution in [1.29, 1.82) is 0 Å². The van der Waals surface area contributed by atoms with Crippen molar-refractivity contribution < 1.29 is 23.9 Å². The zero-order valence-corrected chi connectivity index (χ0v) is 18.2. The number of esters is 1. The number of ether oxygens (including phenoxy) is 1. The van der Waals surface area contributed by atoms with Crippen LogP contribution >= 0.6 is 0 Å². The standard InChI is InChI=1S/C26H24N2O5/c1-2-15-6-10-19(11-7-15)27-21(29)14-33-26(32)18-4-3-5-20(13-18)28-24(30)22-16-8-9-17(12-16)23(22)25(28)31/h3-11,13,16-17,22-23H,2,12,14H2,1H3,(H,27,29)/t16-,17-,22-,23-/m0/s1. The summed E-state index contributed by atoms with van der Waals surface area (Å²) in [5.41, 5.74) is 2.30. The van der Waals surface area contributed by atoms with Gasteiger partial charge in [0, 0.05) is 5.69 Å². The van der Waals surface area contributed by atoms with Gasteiger partial charge in [0.25, 0.3) is 5.91 Å². The minimum absolute atomic E-state index is 0.117. The highest BCUT2D eigenvalue weighted by Gasteiger charge is 2.59. The van der Waals surface area contributed by atoms with E-state index in [1.54, 1.807) is 24.3 Å². The fourth-order valence-corrected chi connectivity index (χ4v) is 5.16. The molecule has 3 aliphatic rings. The van der Waals surface area contributed by atoms with Gasteiger partial charge in [0.2, 0.25) is 11.8 Å². The molecule has 1 aliphatic heterocycles. The van der Waals surface area contributed by atoms with E-state index < -0.39 is 18.5 Å². The minimum atomic E-state index is -0.700. The molecule has 2 aliphatic carbocycles. The van der Waals surface area contributed by atoms with E-state index >= 15 is 0 Å². The number of imide groups is 1. The molecular weight excluding hydrogens is 420 g/mol. The summed E-state index contributed by atoms with van der Waals surface area (Å²) >= 11 is 0. The van der Waals surface area contributed by atoms with E-state index in [0.717, 1.165) is 18.4 Å². The quantitative estimate of drug-likeness (QED) is 0.419. The Morgan fingerprint density at radius 1 is 1.00 bits per heavy atom. The number of benzene rings is 2. The van der Waals surface area contributed by atoms with E-state index in [4.69, 9.17) is 4.74 Å². The third-order valence-electron chi connectivity index (χ3n) is 6.79. The van der Waals surface area contributed by atoms with Gasteiger partial charge in [-0.05, 0) is 60.6 Å². The van der Waals surface area contributed by atoms with Crippen molar-refractivity contribution in [1.82, 2.24) is 0 Å². The second-order valence-corrected chi connectivity index (χ2v) is 8.74. The number of nitrogens with one attached hydrogen (secondary N) is 1. The fourth-order valence-electron chi connectivity index (χ4n) is 5.16. The summed E-state index contributed by atoms with van der Waals surface area (Å²) in [4.78, 5) is 51.9. The van der Waals surface area contributed by atoms with Crippen LogP contribution in [0.15, 0.2) is 60.7 Å². The molecule has 168 valence electrons. The normalized spacial score (nSPS) is 24.8. The second-order valence-electron chi connectivity index (χ2n) is 8.74. The molecule has 0 radical (unpaired) electrons. The Morgan fingerprint density at radius 3 is 2.30 bits per heavy atom. The Bertz CT molecular complexity index is 1140. The van der Waals surface area contributed by atoms with E-state index in [1.165, 1.54) is 17.0 Å². The molecule has 2 aromatic carbocycles. The number of hydrogen-bond donors (Lipinski definition) is 1. The van der Waals surface area contributed by atoms with E-state index in [1.807, 2.05) is 31.2 Å². The molecule has 1 saturated carbocycles. The molecule has 2 bridgehead atoms. The maximum atomic E-state index is 13.0. The predicted octanol–water partition coefficient (Wildman–Crippen LogP) is 3.36. The zero-order chi connectivity index (χ0) is 23.1. The third-order valence-corrected chi connectivity index (χ3v) is 6.79. The summed E-state index contributed by atoms with van der Waals surface area (Å²) in [6, 6.07) is 13.7. The summed E-state index contributed by atoms with van der Waals surface area (Å²) in [5.74, 6) is -1.95. The first-order chi connectivity index (χ1) is 16.0. The maximum absolute atomic E-state index is 13.0. The number of hydrogen-bond acceptors (Lipinski definition) is 5. The highest BCUT2D eigenvalue weighted by Crippen LogP contribution is 2.53. The minimum Gasteiger partial charge on any atom is -0.452 e. The molecule has 2 aromatic rings. The number of allylic oxidation sites excluding steroid dienone is 2. The molecule has 4 atom stereocenters. The number of nitrogens with zero attached hydrogens (tertiary/aromatic N) is 1. The Balaban J connectivity index is 1.23. The molecule has 5 rings (SSSR count). The maximum Gasteiger partial charge on any atom is 0.338 e. The Morgan fingerprint density at radius 2 is 1.67 bits per heavy atom. The molecule has 0 aromatic heterocycles. The van der Waals surface area contributed by atoms with Crippen molar-refractivity contribution in [3.63, 3.8) is 0 Å².